The summed E-state index contributed by atoms with van der Waals surface area (Å²) in [5.74, 6) is -3.51. The van der Waals surface area contributed by atoms with Gasteiger partial charge in [0.2, 0.25) is 5.76 Å². The van der Waals surface area contributed by atoms with Gasteiger partial charge < -0.3 is 14.8 Å². The van der Waals surface area contributed by atoms with Gasteiger partial charge in [-0.05, 0) is 24.3 Å². The van der Waals surface area contributed by atoms with Gasteiger partial charge in [-0.15, -0.1) is 0 Å². The number of nitrogens with one attached hydrogen (secondary N) is 1. The lowest BCUT2D eigenvalue weighted by Gasteiger charge is -2.05. The number of aromatic carboxylic acids is 1. The van der Waals surface area contributed by atoms with E-state index in [0.29, 0.717) is 0 Å². The molecule has 0 unspecified atom stereocenters. The van der Waals surface area contributed by atoms with Crippen LogP contribution in [0.4, 0.5) is 10.1 Å². The lowest BCUT2D eigenvalue weighted by molar-refractivity contribution is 0.0660. The van der Waals surface area contributed by atoms with Gasteiger partial charge in [-0.25, -0.2) is 9.18 Å². The number of nitrogens with zero attached hydrogens (tertiary/aromatic N) is 1. The molecule has 0 radical (unpaired) electrons. The van der Waals surface area contributed by atoms with Gasteiger partial charge in [0.1, 0.15) is 17.4 Å². The number of carbonyl (C=O) groups excluding carboxylic acids is 1. The van der Waals surface area contributed by atoms with Crippen LogP contribution >= 0.6 is 0 Å². The van der Waals surface area contributed by atoms with Crippen molar-refractivity contribution in [3.05, 3.63) is 53.2 Å². The third kappa shape index (κ3) is 2.49. The number of hydrogen-bond acceptors (Lipinski definition) is 4. The summed E-state index contributed by atoms with van der Waals surface area (Å²) in [4.78, 5) is 22.4. The van der Waals surface area contributed by atoms with E-state index in [9.17, 15) is 14.0 Å². The molecule has 0 aliphatic rings. The van der Waals surface area contributed by atoms with Crippen LogP contribution in [-0.2, 0) is 0 Å². The Balaban J connectivity index is 2.26. The van der Waals surface area contributed by atoms with Gasteiger partial charge in [-0.1, -0.05) is 6.07 Å². The largest absolute Gasteiger partial charge is 0.475 e. The smallest absolute Gasteiger partial charge is 0.371 e. The average Bonchev–Trinajstić information content (AvgIpc) is 2.89. The van der Waals surface area contributed by atoms with E-state index < -0.39 is 23.5 Å². The minimum absolute atomic E-state index is 0.0224. The summed E-state index contributed by atoms with van der Waals surface area (Å²) in [6.45, 7) is 0. The van der Waals surface area contributed by atoms with Crippen molar-refractivity contribution in [1.82, 2.24) is 0 Å². The predicted molar refractivity (Wildman–Crippen MR) is 64.7 cm³/mol. The number of hydrogen-bond donors (Lipinski definition) is 2. The van der Waals surface area contributed by atoms with Crippen LogP contribution in [-0.4, -0.2) is 17.0 Å². The summed E-state index contributed by atoms with van der Waals surface area (Å²) < 4.78 is 18.1. The fourth-order valence-corrected chi connectivity index (χ4v) is 1.50. The fraction of sp³-hybridized carbons (Fsp3) is 0. The van der Waals surface area contributed by atoms with E-state index >= 15 is 0 Å². The van der Waals surface area contributed by atoms with Crippen molar-refractivity contribution < 1.29 is 23.5 Å². The summed E-state index contributed by atoms with van der Waals surface area (Å²) in [5.41, 5.74) is -0.336. The minimum atomic E-state index is -1.31. The van der Waals surface area contributed by atoms with Crippen LogP contribution in [0.25, 0.3) is 0 Å². The van der Waals surface area contributed by atoms with Gasteiger partial charge in [-0.2, -0.15) is 5.26 Å². The van der Waals surface area contributed by atoms with Crippen molar-refractivity contribution in [1.29, 1.82) is 5.26 Å². The van der Waals surface area contributed by atoms with E-state index in [-0.39, 0.29) is 17.0 Å². The SMILES string of the molecule is N#Cc1c(F)cccc1NC(=O)c1ccc(C(=O)O)o1. The number of carbonyl (C=O) groups is 2. The maximum atomic E-state index is 13.3. The highest BCUT2D eigenvalue weighted by Crippen LogP contribution is 2.19. The van der Waals surface area contributed by atoms with Gasteiger partial charge >= 0.3 is 5.97 Å². The number of rotatable bonds is 3. The van der Waals surface area contributed by atoms with Crippen LogP contribution in [0.2, 0.25) is 0 Å². The summed E-state index contributed by atoms with van der Waals surface area (Å²) in [6, 6.07) is 7.68. The van der Waals surface area contributed by atoms with Crippen molar-refractivity contribution in [2.24, 2.45) is 0 Å². The number of nitriles is 1. The first kappa shape index (κ1) is 13.3. The lowest BCUT2D eigenvalue weighted by atomic mass is 10.2. The quantitative estimate of drug-likeness (QED) is 0.893. The molecular weight excluding hydrogens is 267 g/mol. The molecule has 0 aliphatic carbocycles. The second-order valence-corrected chi connectivity index (χ2v) is 3.70. The molecule has 1 heterocycles. The van der Waals surface area contributed by atoms with Crippen LogP contribution in [0.5, 0.6) is 0 Å². The number of furan rings is 1. The Hall–Kier alpha value is -3.14. The highest BCUT2D eigenvalue weighted by molar-refractivity contribution is 6.03. The zero-order valence-corrected chi connectivity index (χ0v) is 9.88. The molecule has 100 valence electrons. The third-order valence-electron chi connectivity index (χ3n) is 2.41. The van der Waals surface area contributed by atoms with Crippen LogP contribution in [0.1, 0.15) is 26.7 Å². The maximum absolute atomic E-state index is 13.3. The molecule has 2 rings (SSSR count). The van der Waals surface area contributed by atoms with Crippen LogP contribution in [0, 0.1) is 17.1 Å². The molecular formula is C13H7FN2O4. The Bertz CT molecular complexity index is 730. The van der Waals surface area contributed by atoms with Gasteiger partial charge in [0.15, 0.2) is 5.76 Å². The van der Waals surface area contributed by atoms with Gasteiger partial charge in [0, 0.05) is 0 Å². The lowest BCUT2D eigenvalue weighted by Crippen LogP contribution is -2.12. The van der Waals surface area contributed by atoms with Gasteiger partial charge in [-0.3, -0.25) is 4.79 Å². The molecule has 20 heavy (non-hydrogen) atoms. The standard InChI is InChI=1S/C13H7FN2O4/c14-8-2-1-3-9(7(8)6-15)16-12(17)10-4-5-11(20-10)13(18)19/h1-5H,(H,16,17)(H,18,19). The van der Waals surface area contributed by atoms with E-state index in [0.717, 1.165) is 12.1 Å². The Morgan fingerprint density at radius 1 is 1.25 bits per heavy atom. The molecule has 0 spiro atoms. The molecule has 0 fully saturated rings. The van der Waals surface area contributed by atoms with Crippen molar-refractivity contribution in [2.75, 3.05) is 5.32 Å². The third-order valence-corrected chi connectivity index (χ3v) is 2.41. The summed E-state index contributed by atoms with van der Waals surface area (Å²) in [6.07, 6.45) is 0. The van der Waals surface area contributed by atoms with E-state index in [1.165, 1.54) is 18.2 Å². The predicted octanol–water partition coefficient (Wildman–Crippen LogP) is 2.24. The molecule has 0 aliphatic heterocycles. The normalized spacial score (nSPS) is 9.80. The molecule has 0 atom stereocenters. The molecule has 0 saturated heterocycles. The van der Waals surface area contributed by atoms with E-state index in [4.69, 9.17) is 14.8 Å². The molecule has 0 bridgehead atoms. The summed E-state index contributed by atoms with van der Waals surface area (Å²) in [5, 5.41) is 19.8. The molecule has 6 nitrogen and oxygen atoms in total. The van der Waals surface area contributed by atoms with Crippen LogP contribution < -0.4 is 5.32 Å². The Kier molecular flexibility index (Phi) is 3.48. The Morgan fingerprint density at radius 3 is 2.55 bits per heavy atom. The molecule has 1 aromatic heterocycles. The first-order valence-corrected chi connectivity index (χ1v) is 5.36. The molecule has 1 aromatic carbocycles. The van der Waals surface area contributed by atoms with E-state index in [1.807, 2.05) is 0 Å². The number of carboxylic acid groups (broad SMARTS) is 1. The van der Waals surface area contributed by atoms with Crippen LogP contribution in [0.3, 0.4) is 0 Å². The number of carboxylic acids is 1. The maximum Gasteiger partial charge on any atom is 0.371 e. The second kappa shape index (κ2) is 5.24. The zero-order valence-electron chi connectivity index (χ0n) is 9.88. The first-order chi connectivity index (χ1) is 9.52. The van der Waals surface area contributed by atoms with Gasteiger partial charge in [0.25, 0.3) is 5.91 Å². The first-order valence-electron chi connectivity index (χ1n) is 5.36. The number of anilines is 1. The van der Waals surface area contributed by atoms with Crippen molar-refractivity contribution in [2.45, 2.75) is 0 Å². The average molecular weight is 274 g/mol. The topological polar surface area (TPSA) is 103 Å². The highest BCUT2D eigenvalue weighted by atomic mass is 19.1. The van der Waals surface area contributed by atoms with Crippen LogP contribution in [0.15, 0.2) is 34.7 Å². The van der Waals surface area contributed by atoms with Crippen molar-refractivity contribution in [3.8, 4) is 6.07 Å². The molecule has 2 N–H and O–H groups in total. The second-order valence-electron chi connectivity index (χ2n) is 3.70. The van der Waals surface area contributed by atoms with Gasteiger partial charge in [0.05, 0.1) is 5.69 Å². The molecule has 1 amide bonds. The highest BCUT2D eigenvalue weighted by Gasteiger charge is 2.17. The zero-order chi connectivity index (χ0) is 14.7. The van der Waals surface area contributed by atoms with Crippen molar-refractivity contribution >= 4 is 17.6 Å². The van der Waals surface area contributed by atoms with E-state index in [2.05, 4.69) is 5.32 Å². The number of halogens is 1. The molecule has 2 aromatic rings. The number of benzene rings is 1. The summed E-state index contributed by atoms with van der Waals surface area (Å²) >= 11 is 0. The fourth-order valence-electron chi connectivity index (χ4n) is 1.50. The molecule has 7 heteroatoms. The molecule has 0 saturated carbocycles. The number of amides is 1. The van der Waals surface area contributed by atoms with Crippen molar-refractivity contribution in [3.63, 3.8) is 0 Å². The Morgan fingerprint density at radius 2 is 1.95 bits per heavy atom. The minimum Gasteiger partial charge on any atom is -0.475 e. The summed E-state index contributed by atoms with van der Waals surface area (Å²) in [7, 11) is 0. The van der Waals surface area contributed by atoms with E-state index in [1.54, 1.807) is 6.07 Å². The Labute approximate surface area is 112 Å². The monoisotopic (exact) mass is 274 g/mol.